The number of nitrogens with two attached hydrogens (primary N) is 1. The molecule has 2 aromatic rings. The van der Waals surface area contributed by atoms with E-state index >= 15 is 0 Å². The summed E-state index contributed by atoms with van der Waals surface area (Å²) in [7, 11) is 0. The minimum absolute atomic E-state index is 0.137. The summed E-state index contributed by atoms with van der Waals surface area (Å²) in [6.07, 6.45) is 1.63. The molecule has 0 aliphatic rings. The molecule has 5 heteroatoms. The van der Waals surface area contributed by atoms with Crippen LogP contribution in [0.4, 0.5) is 0 Å². The van der Waals surface area contributed by atoms with Gasteiger partial charge in [-0.15, -0.1) is 0 Å². The molecule has 4 nitrogen and oxygen atoms in total. The van der Waals surface area contributed by atoms with Crippen molar-refractivity contribution in [3.8, 4) is 5.75 Å². The van der Waals surface area contributed by atoms with Gasteiger partial charge in [-0.2, -0.15) is 5.10 Å². The third kappa shape index (κ3) is 4.70. The van der Waals surface area contributed by atoms with E-state index in [2.05, 4.69) is 22.7 Å². The Labute approximate surface area is 123 Å². The number of nitrogens with one attached hydrogen (secondary N) is 1. The summed E-state index contributed by atoms with van der Waals surface area (Å²) in [5, 5.41) is 4.04. The quantitative estimate of drug-likeness (QED) is 0.503. The zero-order valence-corrected chi connectivity index (χ0v) is 11.6. The molecule has 0 spiro atoms. The first-order valence-corrected chi connectivity index (χ1v) is 6.50. The highest BCUT2D eigenvalue weighted by Crippen LogP contribution is 2.14. The third-order valence-electron chi connectivity index (χ3n) is 2.49. The fourth-order valence-corrected chi connectivity index (χ4v) is 1.65. The summed E-state index contributed by atoms with van der Waals surface area (Å²) in [4.78, 5) is 0. The number of rotatable bonds is 5. The first-order chi connectivity index (χ1) is 9.74. The number of thiocarbonyl (C=S) groups is 1. The summed E-state index contributed by atoms with van der Waals surface area (Å²) >= 11 is 4.66. The van der Waals surface area contributed by atoms with E-state index in [1.807, 2.05) is 54.6 Å². The van der Waals surface area contributed by atoms with E-state index in [4.69, 9.17) is 10.5 Å². The second-order valence-electron chi connectivity index (χ2n) is 4.08. The molecule has 0 radical (unpaired) electrons. The van der Waals surface area contributed by atoms with Crippen molar-refractivity contribution in [2.24, 2.45) is 10.8 Å². The maximum atomic E-state index is 5.73. The topological polar surface area (TPSA) is 59.6 Å². The molecule has 0 saturated heterocycles. The lowest BCUT2D eigenvalue weighted by atomic mass is 10.2. The average Bonchev–Trinajstić information content (AvgIpc) is 2.46. The molecule has 0 fully saturated rings. The van der Waals surface area contributed by atoms with Crippen molar-refractivity contribution in [1.29, 1.82) is 0 Å². The SMILES string of the molecule is NC(=S)N/N=C\c1cccc(OCc2ccccc2)c1. The van der Waals surface area contributed by atoms with Crippen LogP contribution in [-0.2, 0) is 6.61 Å². The van der Waals surface area contributed by atoms with E-state index in [1.54, 1.807) is 6.21 Å². The van der Waals surface area contributed by atoms with Crippen LogP contribution in [-0.4, -0.2) is 11.3 Å². The van der Waals surface area contributed by atoms with Gasteiger partial charge in [0, 0.05) is 0 Å². The van der Waals surface area contributed by atoms with Crippen LogP contribution >= 0.6 is 12.2 Å². The second-order valence-corrected chi connectivity index (χ2v) is 4.52. The van der Waals surface area contributed by atoms with Crippen molar-refractivity contribution in [3.05, 3.63) is 65.7 Å². The van der Waals surface area contributed by atoms with Gasteiger partial charge in [-0.3, -0.25) is 5.43 Å². The van der Waals surface area contributed by atoms with Gasteiger partial charge in [0.2, 0.25) is 0 Å². The largest absolute Gasteiger partial charge is 0.489 e. The molecule has 2 rings (SSSR count). The lowest BCUT2D eigenvalue weighted by Gasteiger charge is -2.06. The number of benzene rings is 2. The van der Waals surface area contributed by atoms with Gasteiger partial charge in [0.25, 0.3) is 0 Å². The number of hydrazone groups is 1. The van der Waals surface area contributed by atoms with Crippen molar-refractivity contribution in [1.82, 2.24) is 5.43 Å². The number of hydrogen-bond donors (Lipinski definition) is 2. The van der Waals surface area contributed by atoms with Crippen molar-refractivity contribution in [3.63, 3.8) is 0 Å². The first kappa shape index (κ1) is 14.0. The Balaban J connectivity index is 1.95. The van der Waals surface area contributed by atoms with Crippen LogP contribution in [0.15, 0.2) is 59.7 Å². The summed E-state index contributed by atoms with van der Waals surface area (Å²) in [6.45, 7) is 0.534. The molecular formula is C15H15N3OS. The van der Waals surface area contributed by atoms with Gasteiger partial charge in [0.05, 0.1) is 6.21 Å². The standard InChI is InChI=1S/C15H15N3OS/c16-15(20)18-17-10-13-7-4-8-14(9-13)19-11-12-5-2-1-3-6-12/h1-10H,11H2,(H3,16,18,20)/b17-10-. The van der Waals surface area contributed by atoms with E-state index < -0.39 is 0 Å². The van der Waals surface area contributed by atoms with Crippen molar-refractivity contribution >= 4 is 23.5 Å². The molecule has 3 N–H and O–H groups in total. The summed E-state index contributed by atoms with van der Waals surface area (Å²) in [5.41, 5.74) is 9.82. The second kappa shape index (κ2) is 7.25. The van der Waals surface area contributed by atoms with Crippen LogP contribution in [0.2, 0.25) is 0 Å². The molecule has 0 atom stereocenters. The Bertz CT molecular complexity index is 599. The number of hydrogen-bond acceptors (Lipinski definition) is 3. The van der Waals surface area contributed by atoms with Gasteiger partial charge < -0.3 is 10.5 Å². The molecule has 0 aliphatic heterocycles. The molecule has 0 heterocycles. The highest BCUT2D eigenvalue weighted by molar-refractivity contribution is 7.80. The minimum atomic E-state index is 0.137. The van der Waals surface area contributed by atoms with Crippen LogP contribution in [0.1, 0.15) is 11.1 Å². The van der Waals surface area contributed by atoms with E-state index in [9.17, 15) is 0 Å². The molecule has 0 amide bonds. The van der Waals surface area contributed by atoms with Crippen molar-refractivity contribution < 1.29 is 4.74 Å². The predicted molar refractivity (Wildman–Crippen MR) is 84.7 cm³/mol. The Morgan fingerprint density at radius 2 is 2.00 bits per heavy atom. The molecule has 102 valence electrons. The van der Waals surface area contributed by atoms with Crippen LogP contribution in [0.5, 0.6) is 5.75 Å². The van der Waals surface area contributed by atoms with Gasteiger partial charge >= 0.3 is 0 Å². The average molecular weight is 285 g/mol. The number of nitrogens with zero attached hydrogens (tertiary/aromatic N) is 1. The maximum absolute atomic E-state index is 5.73. The molecule has 0 aromatic heterocycles. The van der Waals surface area contributed by atoms with E-state index in [0.29, 0.717) is 6.61 Å². The predicted octanol–water partition coefficient (Wildman–Crippen LogP) is 2.43. The van der Waals surface area contributed by atoms with Gasteiger partial charge in [-0.1, -0.05) is 42.5 Å². The first-order valence-electron chi connectivity index (χ1n) is 6.09. The van der Waals surface area contributed by atoms with Gasteiger partial charge in [-0.25, -0.2) is 0 Å². The fraction of sp³-hybridized carbons (Fsp3) is 0.0667. The zero-order valence-electron chi connectivity index (χ0n) is 10.8. The normalized spacial score (nSPS) is 10.4. The summed E-state index contributed by atoms with van der Waals surface area (Å²) in [6, 6.07) is 17.6. The number of ether oxygens (including phenoxy) is 1. The lowest BCUT2D eigenvalue weighted by molar-refractivity contribution is 0.306. The molecule has 0 unspecified atom stereocenters. The van der Waals surface area contributed by atoms with Gasteiger partial charge in [-0.05, 0) is 35.5 Å². The highest BCUT2D eigenvalue weighted by atomic mass is 32.1. The molecule has 0 aliphatic carbocycles. The maximum Gasteiger partial charge on any atom is 0.184 e. The Morgan fingerprint density at radius 1 is 1.20 bits per heavy atom. The summed E-state index contributed by atoms with van der Waals surface area (Å²) < 4.78 is 5.73. The Kier molecular flexibility index (Phi) is 5.08. The fourth-order valence-electron chi connectivity index (χ4n) is 1.60. The minimum Gasteiger partial charge on any atom is -0.489 e. The van der Waals surface area contributed by atoms with Crippen LogP contribution in [0.3, 0.4) is 0 Å². The van der Waals surface area contributed by atoms with Crippen LogP contribution in [0, 0.1) is 0 Å². The summed E-state index contributed by atoms with van der Waals surface area (Å²) in [5.74, 6) is 0.785. The van der Waals surface area contributed by atoms with E-state index in [-0.39, 0.29) is 5.11 Å². The van der Waals surface area contributed by atoms with Crippen LogP contribution < -0.4 is 15.9 Å². The lowest BCUT2D eigenvalue weighted by Crippen LogP contribution is -2.23. The third-order valence-corrected chi connectivity index (χ3v) is 2.59. The Morgan fingerprint density at radius 3 is 2.75 bits per heavy atom. The highest BCUT2D eigenvalue weighted by Gasteiger charge is 1.96. The van der Waals surface area contributed by atoms with Crippen molar-refractivity contribution in [2.45, 2.75) is 6.61 Å². The smallest absolute Gasteiger partial charge is 0.184 e. The van der Waals surface area contributed by atoms with Crippen molar-refractivity contribution in [2.75, 3.05) is 0 Å². The van der Waals surface area contributed by atoms with Crippen LogP contribution in [0.25, 0.3) is 0 Å². The molecular weight excluding hydrogens is 270 g/mol. The molecule has 20 heavy (non-hydrogen) atoms. The zero-order chi connectivity index (χ0) is 14.2. The van der Waals surface area contributed by atoms with E-state index in [1.165, 1.54) is 0 Å². The van der Waals surface area contributed by atoms with Gasteiger partial charge in [0.15, 0.2) is 5.11 Å². The Hall–Kier alpha value is -2.40. The monoisotopic (exact) mass is 285 g/mol. The molecule has 2 aromatic carbocycles. The van der Waals surface area contributed by atoms with Gasteiger partial charge in [0.1, 0.15) is 12.4 Å². The molecule has 0 saturated carbocycles. The van der Waals surface area contributed by atoms with E-state index in [0.717, 1.165) is 16.9 Å². The molecule has 0 bridgehead atoms.